The van der Waals surface area contributed by atoms with Gasteiger partial charge in [0.1, 0.15) is 12.4 Å². The molecule has 6 heteroatoms. The van der Waals surface area contributed by atoms with Crippen LogP contribution in [-0.2, 0) is 13.2 Å². The van der Waals surface area contributed by atoms with Gasteiger partial charge in [-0.25, -0.2) is 5.43 Å². The molecule has 1 N–H and O–H groups in total. The molecule has 5 rings (SSSR count). The molecule has 0 saturated heterocycles. The molecule has 0 saturated carbocycles. The normalized spacial score (nSPS) is 11.1. The summed E-state index contributed by atoms with van der Waals surface area (Å²) in [4.78, 5) is 12.9. The molecular formula is C30H24ClN3O2. The lowest BCUT2D eigenvalue weighted by Crippen LogP contribution is -2.18. The molecule has 5 aromatic rings. The molecule has 0 unspecified atom stereocenters. The van der Waals surface area contributed by atoms with Crippen LogP contribution in [0.1, 0.15) is 27.0 Å². The van der Waals surface area contributed by atoms with E-state index in [1.807, 2.05) is 85.1 Å². The lowest BCUT2D eigenvalue weighted by Gasteiger charge is -2.10. The largest absolute Gasteiger partial charge is 0.488 e. The fraction of sp³-hybridized carbons (Fsp3) is 0.0667. The summed E-state index contributed by atoms with van der Waals surface area (Å²) in [7, 11) is 0. The Bertz CT molecular complexity index is 1530. The Balaban J connectivity index is 1.32. The number of benzene rings is 4. The minimum absolute atomic E-state index is 0.338. The Morgan fingerprint density at radius 2 is 1.61 bits per heavy atom. The van der Waals surface area contributed by atoms with E-state index in [4.69, 9.17) is 16.3 Å². The molecule has 1 aromatic heterocycles. The van der Waals surface area contributed by atoms with Gasteiger partial charge in [-0.2, -0.15) is 5.10 Å². The highest BCUT2D eigenvalue weighted by molar-refractivity contribution is 6.31. The Kier molecular flexibility index (Phi) is 7.10. The third-order valence-electron chi connectivity index (χ3n) is 5.86. The van der Waals surface area contributed by atoms with Crippen LogP contribution in [0.15, 0.2) is 114 Å². The van der Waals surface area contributed by atoms with E-state index in [2.05, 4.69) is 21.2 Å². The van der Waals surface area contributed by atoms with Gasteiger partial charge >= 0.3 is 0 Å². The minimum Gasteiger partial charge on any atom is -0.488 e. The lowest BCUT2D eigenvalue weighted by atomic mass is 10.2. The Hall–Kier alpha value is -4.35. The smallest absolute Gasteiger partial charge is 0.275 e. The highest BCUT2D eigenvalue weighted by atomic mass is 35.5. The summed E-state index contributed by atoms with van der Waals surface area (Å²) in [5, 5.41) is 6.01. The summed E-state index contributed by atoms with van der Waals surface area (Å²) in [6.45, 7) is 1.01. The van der Waals surface area contributed by atoms with Crippen LogP contribution in [0.2, 0.25) is 5.02 Å². The number of rotatable bonds is 8. The van der Waals surface area contributed by atoms with E-state index < -0.39 is 0 Å². The second-order valence-corrected chi connectivity index (χ2v) is 8.70. The van der Waals surface area contributed by atoms with Gasteiger partial charge in [0.25, 0.3) is 5.91 Å². The number of para-hydroxylation sites is 2. The highest BCUT2D eigenvalue weighted by Gasteiger charge is 2.12. The zero-order valence-electron chi connectivity index (χ0n) is 19.5. The van der Waals surface area contributed by atoms with E-state index in [1.54, 1.807) is 24.4 Å². The molecule has 0 aliphatic rings. The molecule has 0 atom stereocenters. The molecule has 1 heterocycles. The van der Waals surface area contributed by atoms with Crippen molar-refractivity contribution in [2.45, 2.75) is 13.2 Å². The molecule has 0 fully saturated rings. The Morgan fingerprint density at radius 3 is 2.47 bits per heavy atom. The van der Waals surface area contributed by atoms with Crippen LogP contribution in [0.3, 0.4) is 0 Å². The standard InChI is InChI=1S/C30H24ClN3O2/c31-27-15-7-4-12-23(27)19-34-20-24(25-13-5-8-16-28(25)34)18-32-33-30(35)26-14-6-9-17-29(26)36-21-22-10-2-1-3-11-22/h1-18,20H,19,21H2,(H,33,35)/b32-18+. The van der Waals surface area contributed by atoms with Crippen LogP contribution in [-0.4, -0.2) is 16.7 Å². The van der Waals surface area contributed by atoms with Gasteiger partial charge in [-0.1, -0.05) is 90.5 Å². The van der Waals surface area contributed by atoms with Gasteiger partial charge < -0.3 is 9.30 Å². The minimum atomic E-state index is -0.338. The third-order valence-corrected chi connectivity index (χ3v) is 6.23. The van der Waals surface area contributed by atoms with E-state index in [9.17, 15) is 4.79 Å². The lowest BCUT2D eigenvalue weighted by molar-refractivity contribution is 0.0950. The summed E-state index contributed by atoms with van der Waals surface area (Å²) in [6.07, 6.45) is 3.68. The number of halogens is 1. The fourth-order valence-corrected chi connectivity index (χ4v) is 4.25. The first-order valence-electron chi connectivity index (χ1n) is 11.6. The molecule has 178 valence electrons. The fourth-order valence-electron chi connectivity index (χ4n) is 4.06. The van der Waals surface area contributed by atoms with E-state index >= 15 is 0 Å². The van der Waals surface area contributed by atoms with Crippen LogP contribution in [0, 0.1) is 0 Å². The van der Waals surface area contributed by atoms with Crippen LogP contribution < -0.4 is 10.2 Å². The molecule has 0 aliphatic heterocycles. The van der Waals surface area contributed by atoms with E-state index in [-0.39, 0.29) is 5.91 Å². The summed E-state index contributed by atoms with van der Waals surface area (Å²) >= 11 is 6.38. The summed E-state index contributed by atoms with van der Waals surface area (Å²) in [6, 6.07) is 32.9. The van der Waals surface area contributed by atoms with Gasteiger partial charge in [0.2, 0.25) is 0 Å². The number of nitrogens with one attached hydrogen (secondary N) is 1. The predicted octanol–water partition coefficient (Wildman–Crippen LogP) is 6.69. The number of hydrogen-bond acceptors (Lipinski definition) is 3. The number of nitrogens with zero attached hydrogens (tertiary/aromatic N) is 2. The van der Waals surface area contributed by atoms with Crippen molar-refractivity contribution in [1.82, 2.24) is 9.99 Å². The molecule has 0 aliphatic carbocycles. The Labute approximate surface area is 214 Å². The van der Waals surface area contributed by atoms with Gasteiger partial charge in [0.15, 0.2) is 0 Å². The number of hydrazone groups is 1. The van der Waals surface area contributed by atoms with Crippen molar-refractivity contribution in [3.63, 3.8) is 0 Å². The van der Waals surface area contributed by atoms with Crippen molar-refractivity contribution < 1.29 is 9.53 Å². The average Bonchev–Trinajstić information content (AvgIpc) is 3.27. The summed E-state index contributed by atoms with van der Waals surface area (Å²) in [5.74, 6) is 0.167. The molecular weight excluding hydrogens is 470 g/mol. The molecule has 1 amide bonds. The first-order chi connectivity index (χ1) is 17.7. The second-order valence-electron chi connectivity index (χ2n) is 8.29. The maximum atomic E-state index is 12.9. The predicted molar refractivity (Wildman–Crippen MR) is 145 cm³/mol. The zero-order chi connectivity index (χ0) is 24.7. The van der Waals surface area contributed by atoms with E-state index in [0.29, 0.717) is 24.5 Å². The topological polar surface area (TPSA) is 55.6 Å². The van der Waals surface area contributed by atoms with E-state index in [0.717, 1.165) is 32.6 Å². The van der Waals surface area contributed by atoms with Gasteiger partial charge in [-0.05, 0) is 35.4 Å². The SMILES string of the molecule is O=C(N/N=C/c1cn(Cc2ccccc2Cl)c2ccccc12)c1ccccc1OCc1ccccc1. The van der Waals surface area contributed by atoms with Crippen molar-refractivity contribution in [3.8, 4) is 5.75 Å². The molecule has 0 radical (unpaired) electrons. The van der Waals surface area contributed by atoms with Crippen LogP contribution in [0.5, 0.6) is 5.75 Å². The summed E-state index contributed by atoms with van der Waals surface area (Å²) < 4.78 is 8.04. The maximum Gasteiger partial charge on any atom is 0.275 e. The number of aromatic nitrogens is 1. The van der Waals surface area contributed by atoms with Crippen molar-refractivity contribution in [1.29, 1.82) is 0 Å². The third kappa shape index (κ3) is 5.32. The first-order valence-corrected chi connectivity index (χ1v) is 12.0. The zero-order valence-corrected chi connectivity index (χ0v) is 20.2. The molecule has 0 spiro atoms. The van der Waals surface area contributed by atoms with Crippen molar-refractivity contribution in [3.05, 3.63) is 137 Å². The molecule has 36 heavy (non-hydrogen) atoms. The number of carbonyl (C=O) groups excluding carboxylic acids is 1. The van der Waals surface area contributed by atoms with Crippen molar-refractivity contribution in [2.24, 2.45) is 5.10 Å². The second kappa shape index (κ2) is 10.9. The number of fused-ring (bicyclic) bond motifs is 1. The van der Waals surface area contributed by atoms with Gasteiger partial charge in [0, 0.05) is 34.2 Å². The van der Waals surface area contributed by atoms with Crippen LogP contribution in [0.25, 0.3) is 10.9 Å². The number of hydrogen-bond donors (Lipinski definition) is 1. The maximum absolute atomic E-state index is 12.9. The van der Waals surface area contributed by atoms with E-state index in [1.165, 1.54) is 0 Å². The molecule has 0 bridgehead atoms. The van der Waals surface area contributed by atoms with Crippen LogP contribution in [0.4, 0.5) is 0 Å². The quantitative estimate of drug-likeness (QED) is 0.193. The van der Waals surface area contributed by atoms with Crippen LogP contribution >= 0.6 is 11.6 Å². The van der Waals surface area contributed by atoms with Gasteiger partial charge in [0.05, 0.1) is 11.8 Å². The number of carbonyl (C=O) groups is 1. The Morgan fingerprint density at radius 1 is 0.889 bits per heavy atom. The molecule has 5 nitrogen and oxygen atoms in total. The van der Waals surface area contributed by atoms with Crippen molar-refractivity contribution >= 4 is 34.6 Å². The number of amides is 1. The van der Waals surface area contributed by atoms with Crippen molar-refractivity contribution in [2.75, 3.05) is 0 Å². The average molecular weight is 494 g/mol. The van der Waals surface area contributed by atoms with Gasteiger partial charge in [-0.15, -0.1) is 0 Å². The summed E-state index contributed by atoms with van der Waals surface area (Å²) in [5.41, 5.74) is 7.07. The van der Waals surface area contributed by atoms with Gasteiger partial charge in [-0.3, -0.25) is 4.79 Å². The monoisotopic (exact) mass is 493 g/mol. The number of ether oxygens (including phenoxy) is 1. The highest BCUT2D eigenvalue weighted by Crippen LogP contribution is 2.24. The molecule has 4 aromatic carbocycles. The first kappa shape index (κ1) is 23.4.